The van der Waals surface area contributed by atoms with Crippen molar-refractivity contribution in [3.05, 3.63) is 40.0 Å². The standard InChI is InChI=1S/C31H54N2O3SSi/c1-20(2)24-17-25(21(3)4)29(26(18-24)22(5)6)37(34,35)33-32-28-16-15-23(7)27(31(28,11)12)19-36-38(13,14)30(8,9)10/h17-18,20-22,33H,15-16,19H2,1-14H3/b32-28+. The highest BCUT2D eigenvalue weighted by atomic mass is 32.2. The minimum atomic E-state index is -3.87. The molecule has 0 radical (unpaired) electrons. The number of hydrogen-bond acceptors (Lipinski definition) is 4. The molecule has 1 aromatic carbocycles. The molecule has 0 aliphatic heterocycles. The van der Waals surface area contributed by atoms with Gasteiger partial charge in [0.2, 0.25) is 0 Å². The summed E-state index contributed by atoms with van der Waals surface area (Å²) < 4.78 is 34.4. The van der Waals surface area contributed by atoms with Gasteiger partial charge < -0.3 is 4.43 Å². The highest BCUT2D eigenvalue weighted by Crippen LogP contribution is 2.42. The highest BCUT2D eigenvalue weighted by molar-refractivity contribution is 7.89. The minimum Gasteiger partial charge on any atom is -0.413 e. The molecule has 0 aromatic heterocycles. The second-order valence-electron chi connectivity index (χ2n) is 14.1. The third-order valence-electron chi connectivity index (χ3n) is 8.76. The molecule has 7 heteroatoms. The van der Waals surface area contributed by atoms with Crippen LogP contribution in [0.25, 0.3) is 0 Å². The quantitative estimate of drug-likeness (QED) is 0.186. The maximum atomic E-state index is 13.9. The van der Waals surface area contributed by atoms with Crippen LogP contribution < -0.4 is 4.83 Å². The Morgan fingerprint density at radius 2 is 1.47 bits per heavy atom. The molecule has 1 aromatic rings. The Bertz CT molecular complexity index is 1150. The summed E-state index contributed by atoms with van der Waals surface area (Å²) in [5, 5.41) is 4.75. The molecule has 1 aliphatic carbocycles. The Balaban J connectivity index is 2.49. The summed E-state index contributed by atoms with van der Waals surface area (Å²) in [6, 6.07) is 4.13. The number of nitrogens with zero attached hydrogens (tertiary/aromatic N) is 1. The van der Waals surface area contributed by atoms with Gasteiger partial charge in [-0.3, -0.25) is 0 Å². The van der Waals surface area contributed by atoms with Crippen LogP contribution in [0.2, 0.25) is 18.1 Å². The normalized spacial score (nSPS) is 18.3. The van der Waals surface area contributed by atoms with Crippen LogP contribution in [0.3, 0.4) is 0 Å². The molecule has 2 rings (SSSR count). The summed E-state index contributed by atoms with van der Waals surface area (Å²) in [7, 11) is -5.80. The van der Waals surface area contributed by atoms with E-state index in [1.54, 1.807) is 0 Å². The summed E-state index contributed by atoms with van der Waals surface area (Å²) in [5.41, 5.74) is 5.89. The van der Waals surface area contributed by atoms with Crippen LogP contribution in [-0.2, 0) is 14.4 Å². The number of rotatable bonds is 9. The van der Waals surface area contributed by atoms with E-state index in [2.05, 4.69) is 118 Å². The van der Waals surface area contributed by atoms with E-state index >= 15 is 0 Å². The molecule has 0 unspecified atom stereocenters. The largest absolute Gasteiger partial charge is 0.413 e. The van der Waals surface area contributed by atoms with E-state index in [0.29, 0.717) is 17.4 Å². The molecule has 0 atom stereocenters. The van der Waals surface area contributed by atoms with Gasteiger partial charge in [-0.05, 0) is 77.9 Å². The molecule has 0 saturated carbocycles. The van der Waals surface area contributed by atoms with E-state index in [1.165, 1.54) is 16.7 Å². The van der Waals surface area contributed by atoms with Crippen molar-refractivity contribution in [2.75, 3.05) is 6.61 Å². The summed E-state index contributed by atoms with van der Waals surface area (Å²) in [6.07, 6.45) is 1.59. The van der Waals surface area contributed by atoms with Gasteiger partial charge in [0.1, 0.15) is 0 Å². The molecule has 38 heavy (non-hydrogen) atoms. The number of hydrogen-bond donors (Lipinski definition) is 1. The molecule has 0 amide bonds. The number of benzene rings is 1. The third-order valence-corrected chi connectivity index (χ3v) is 14.6. The summed E-state index contributed by atoms with van der Waals surface area (Å²) >= 11 is 0. The van der Waals surface area contributed by atoms with Crippen molar-refractivity contribution in [2.24, 2.45) is 10.5 Å². The van der Waals surface area contributed by atoms with Gasteiger partial charge in [0.05, 0.1) is 11.5 Å². The average molecular weight is 563 g/mol. The fraction of sp³-hybridized carbons (Fsp3) is 0.710. The smallest absolute Gasteiger partial charge is 0.277 e. The number of sulfonamides is 1. The third kappa shape index (κ3) is 7.00. The van der Waals surface area contributed by atoms with Gasteiger partial charge >= 0.3 is 0 Å². The predicted octanol–water partition coefficient (Wildman–Crippen LogP) is 8.85. The molecule has 0 fully saturated rings. The van der Waals surface area contributed by atoms with Crippen LogP contribution >= 0.6 is 0 Å². The molecular formula is C31H54N2O3SSi. The Hall–Kier alpha value is -1.44. The van der Waals surface area contributed by atoms with Crippen molar-refractivity contribution in [3.63, 3.8) is 0 Å². The molecule has 216 valence electrons. The summed E-state index contributed by atoms with van der Waals surface area (Å²) in [4.78, 5) is 3.06. The minimum absolute atomic E-state index is 0.0706. The lowest BCUT2D eigenvalue weighted by Gasteiger charge is -2.40. The SMILES string of the molecule is CC1=C(CO[Si](C)(C)C(C)(C)C)C(C)(C)/C(=N/NS(=O)(=O)c2c(C(C)C)cc(C(C)C)cc2C(C)C)CC1. The topological polar surface area (TPSA) is 67.8 Å². The lowest BCUT2D eigenvalue weighted by molar-refractivity contribution is 0.296. The number of allylic oxidation sites excluding steroid dienone is 1. The van der Waals surface area contributed by atoms with Crippen molar-refractivity contribution in [3.8, 4) is 0 Å². The average Bonchev–Trinajstić information content (AvgIpc) is 2.76. The van der Waals surface area contributed by atoms with Crippen molar-refractivity contribution in [1.29, 1.82) is 0 Å². The van der Waals surface area contributed by atoms with Gasteiger partial charge in [0, 0.05) is 11.1 Å². The van der Waals surface area contributed by atoms with Gasteiger partial charge in [-0.1, -0.05) is 93.9 Å². The Labute approximate surface area is 235 Å². The lowest BCUT2D eigenvalue weighted by Crippen LogP contribution is -2.43. The Morgan fingerprint density at radius 1 is 0.974 bits per heavy atom. The van der Waals surface area contributed by atoms with Crippen LogP contribution in [0.5, 0.6) is 0 Å². The first-order valence-corrected chi connectivity index (χ1v) is 18.6. The fourth-order valence-electron chi connectivity index (χ4n) is 4.81. The number of hydrazone groups is 1. The molecular weight excluding hydrogens is 509 g/mol. The van der Waals surface area contributed by atoms with Gasteiger partial charge in [-0.25, -0.2) is 4.83 Å². The first-order chi connectivity index (χ1) is 17.1. The molecule has 5 nitrogen and oxygen atoms in total. The lowest BCUT2D eigenvalue weighted by atomic mass is 9.71. The molecule has 0 saturated heterocycles. The van der Waals surface area contributed by atoms with Crippen molar-refractivity contribution in [1.82, 2.24) is 4.83 Å². The van der Waals surface area contributed by atoms with E-state index in [1.807, 2.05) is 0 Å². The fourth-order valence-corrected chi connectivity index (χ4v) is 7.28. The van der Waals surface area contributed by atoms with Crippen LogP contribution in [0, 0.1) is 5.41 Å². The monoisotopic (exact) mass is 562 g/mol. The zero-order chi connectivity index (χ0) is 29.4. The maximum Gasteiger partial charge on any atom is 0.277 e. The van der Waals surface area contributed by atoms with E-state index in [4.69, 9.17) is 4.43 Å². The zero-order valence-corrected chi connectivity index (χ0v) is 28.4. The van der Waals surface area contributed by atoms with Gasteiger partial charge in [0.25, 0.3) is 10.0 Å². The highest BCUT2D eigenvalue weighted by Gasteiger charge is 2.40. The number of nitrogens with one attached hydrogen (secondary N) is 1. The molecule has 1 N–H and O–H groups in total. The van der Waals surface area contributed by atoms with Crippen LogP contribution in [0.15, 0.2) is 33.3 Å². The van der Waals surface area contributed by atoms with Gasteiger partial charge in [0.15, 0.2) is 8.32 Å². The van der Waals surface area contributed by atoms with Crippen LogP contribution in [0.4, 0.5) is 0 Å². The first kappa shape index (κ1) is 32.8. The zero-order valence-electron chi connectivity index (χ0n) is 26.6. The summed E-state index contributed by atoms with van der Waals surface area (Å²) in [6.45, 7) is 30.8. The van der Waals surface area contributed by atoms with Crippen molar-refractivity contribution in [2.45, 2.75) is 137 Å². The Kier molecular flexibility index (Phi) is 9.98. The second-order valence-corrected chi connectivity index (χ2v) is 20.5. The first-order valence-electron chi connectivity index (χ1n) is 14.2. The van der Waals surface area contributed by atoms with Crippen molar-refractivity contribution < 1.29 is 12.8 Å². The van der Waals surface area contributed by atoms with Crippen molar-refractivity contribution >= 4 is 24.1 Å². The van der Waals surface area contributed by atoms with Crippen LogP contribution in [0.1, 0.15) is 130 Å². The molecule has 0 bridgehead atoms. The van der Waals surface area contributed by atoms with E-state index in [9.17, 15) is 8.42 Å². The van der Waals surface area contributed by atoms with Gasteiger partial charge in [-0.15, -0.1) is 0 Å². The molecule has 0 heterocycles. The van der Waals surface area contributed by atoms with Crippen LogP contribution in [-0.4, -0.2) is 29.1 Å². The maximum absolute atomic E-state index is 13.9. The van der Waals surface area contributed by atoms with E-state index in [-0.39, 0.29) is 16.9 Å². The van der Waals surface area contributed by atoms with E-state index < -0.39 is 23.8 Å². The Morgan fingerprint density at radius 3 is 1.89 bits per heavy atom. The molecule has 1 aliphatic rings. The summed E-state index contributed by atoms with van der Waals surface area (Å²) in [5.74, 6) is 0.461. The van der Waals surface area contributed by atoms with Gasteiger partial charge in [-0.2, -0.15) is 13.5 Å². The van der Waals surface area contributed by atoms with E-state index in [0.717, 1.165) is 29.7 Å². The second kappa shape index (κ2) is 11.6. The predicted molar refractivity (Wildman–Crippen MR) is 165 cm³/mol. The molecule has 0 spiro atoms.